The molecule has 0 saturated carbocycles. The summed E-state index contributed by atoms with van der Waals surface area (Å²) < 4.78 is 25.8. The number of fused-ring (bicyclic) bond motifs is 1. The van der Waals surface area contributed by atoms with Crippen LogP contribution in [0.4, 0.5) is 11.4 Å². The molecule has 9 heteroatoms. The number of thioether (sulfide) groups is 1. The smallest absolute Gasteiger partial charge is 0.237 e. The molecule has 148 valence electrons. The van der Waals surface area contributed by atoms with Crippen molar-refractivity contribution in [3.8, 4) is 0 Å². The molecule has 2 N–H and O–H groups in total. The van der Waals surface area contributed by atoms with E-state index in [4.69, 9.17) is 11.6 Å². The van der Waals surface area contributed by atoms with E-state index >= 15 is 0 Å². The molecule has 0 radical (unpaired) electrons. The lowest BCUT2D eigenvalue weighted by Gasteiger charge is -2.22. The molecule has 2 aromatic carbocycles. The molecular formula is C19H19ClN2O4S2. The third kappa shape index (κ3) is 4.51. The van der Waals surface area contributed by atoms with Gasteiger partial charge < -0.3 is 10.6 Å². The predicted octanol–water partition coefficient (Wildman–Crippen LogP) is 3.96. The van der Waals surface area contributed by atoms with Crippen LogP contribution >= 0.6 is 23.4 Å². The number of benzene rings is 2. The van der Waals surface area contributed by atoms with Gasteiger partial charge in [-0.3, -0.25) is 9.59 Å². The van der Waals surface area contributed by atoms with Gasteiger partial charge >= 0.3 is 0 Å². The molecule has 0 fully saturated rings. The highest BCUT2D eigenvalue weighted by Crippen LogP contribution is 2.37. The lowest BCUT2D eigenvalue weighted by Crippen LogP contribution is -2.27. The van der Waals surface area contributed by atoms with Crippen molar-refractivity contribution in [1.82, 2.24) is 0 Å². The Balaban J connectivity index is 1.74. The highest BCUT2D eigenvalue weighted by molar-refractivity contribution is 8.01. The normalized spacial score (nSPS) is 17.4. The number of nitrogens with one attached hydrogen (secondary N) is 2. The molecule has 0 saturated heterocycles. The molecule has 2 aromatic rings. The minimum Gasteiger partial charge on any atom is -0.326 e. The van der Waals surface area contributed by atoms with E-state index in [1.54, 1.807) is 37.3 Å². The molecule has 1 heterocycles. The molecule has 0 spiro atoms. The highest BCUT2D eigenvalue weighted by atomic mass is 35.5. The summed E-state index contributed by atoms with van der Waals surface area (Å²) in [5.74, 6) is -0.588. The number of carbonyl (C=O) groups is 2. The van der Waals surface area contributed by atoms with Gasteiger partial charge in [-0.05, 0) is 50.2 Å². The molecule has 1 aliphatic rings. The number of carbonyl (C=O) groups excluding carboxylic acids is 2. The van der Waals surface area contributed by atoms with Gasteiger partial charge in [0.15, 0.2) is 9.84 Å². The monoisotopic (exact) mass is 438 g/mol. The van der Waals surface area contributed by atoms with Gasteiger partial charge in [0.1, 0.15) is 0 Å². The Morgan fingerprint density at radius 3 is 2.75 bits per heavy atom. The summed E-state index contributed by atoms with van der Waals surface area (Å²) in [4.78, 5) is 25.0. The van der Waals surface area contributed by atoms with Crippen LogP contribution in [-0.4, -0.2) is 30.7 Å². The fourth-order valence-electron chi connectivity index (χ4n) is 2.75. The topological polar surface area (TPSA) is 92.3 Å². The minimum absolute atomic E-state index is 0.0739. The van der Waals surface area contributed by atoms with Crippen molar-refractivity contribution in [2.75, 3.05) is 10.6 Å². The summed E-state index contributed by atoms with van der Waals surface area (Å²) in [7, 11) is -3.75. The van der Waals surface area contributed by atoms with Gasteiger partial charge in [0.2, 0.25) is 11.8 Å². The van der Waals surface area contributed by atoms with Gasteiger partial charge in [0.05, 0.1) is 21.1 Å². The molecule has 2 amide bonds. The summed E-state index contributed by atoms with van der Waals surface area (Å²) in [6, 6.07) is 11.3. The second-order valence-corrected chi connectivity index (χ2v) is 10.7. The van der Waals surface area contributed by atoms with E-state index in [1.807, 2.05) is 0 Å². The Hall–Kier alpha value is -2.03. The molecule has 1 aliphatic heterocycles. The number of hydrogen-bond donors (Lipinski definition) is 2. The second-order valence-electron chi connectivity index (χ2n) is 6.53. The molecule has 0 bridgehead atoms. The summed E-state index contributed by atoms with van der Waals surface area (Å²) in [6.07, 6.45) is -0.204. The summed E-state index contributed by atoms with van der Waals surface area (Å²) in [6.45, 7) is 3.27. The fourth-order valence-corrected chi connectivity index (χ4v) is 5.24. The molecule has 0 aromatic heterocycles. The zero-order chi connectivity index (χ0) is 20.5. The van der Waals surface area contributed by atoms with Gasteiger partial charge in [-0.2, -0.15) is 0 Å². The zero-order valence-corrected chi connectivity index (χ0v) is 17.6. The number of halogens is 1. The van der Waals surface area contributed by atoms with Crippen molar-refractivity contribution in [1.29, 1.82) is 0 Å². The number of hydrogen-bond acceptors (Lipinski definition) is 5. The quantitative estimate of drug-likeness (QED) is 0.737. The van der Waals surface area contributed by atoms with Crippen LogP contribution in [0.2, 0.25) is 5.02 Å². The zero-order valence-electron chi connectivity index (χ0n) is 15.2. The third-order valence-corrected chi connectivity index (χ3v) is 7.87. The third-order valence-electron chi connectivity index (χ3n) is 4.32. The first kappa shape index (κ1) is 20.7. The lowest BCUT2D eigenvalue weighted by atomic mass is 10.3. The van der Waals surface area contributed by atoms with E-state index < -0.39 is 21.0 Å². The van der Waals surface area contributed by atoms with Crippen molar-refractivity contribution >= 4 is 56.4 Å². The Labute approximate surface area is 173 Å². The van der Waals surface area contributed by atoms with Crippen molar-refractivity contribution in [2.45, 2.75) is 40.6 Å². The summed E-state index contributed by atoms with van der Waals surface area (Å²) in [5, 5.41) is 4.68. The first-order valence-electron chi connectivity index (χ1n) is 8.57. The van der Waals surface area contributed by atoms with Crippen LogP contribution in [0.25, 0.3) is 0 Å². The molecule has 28 heavy (non-hydrogen) atoms. The molecule has 3 rings (SSSR count). The number of rotatable bonds is 5. The fraction of sp³-hybridized carbons (Fsp3) is 0.263. The second kappa shape index (κ2) is 8.14. The Bertz CT molecular complexity index is 1040. The molecule has 0 aliphatic carbocycles. The minimum atomic E-state index is -3.75. The van der Waals surface area contributed by atoms with E-state index in [0.717, 1.165) is 4.90 Å². The first-order valence-corrected chi connectivity index (χ1v) is 11.4. The van der Waals surface area contributed by atoms with Gasteiger partial charge in [-0.15, -0.1) is 11.8 Å². The van der Waals surface area contributed by atoms with Gasteiger partial charge in [-0.1, -0.05) is 17.7 Å². The highest BCUT2D eigenvalue weighted by Gasteiger charge is 2.29. The van der Waals surface area contributed by atoms with Gasteiger partial charge in [0, 0.05) is 22.0 Å². The van der Waals surface area contributed by atoms with Crippen LogP contribution in [-0.2, 0) is 19.4 Å². The van der Waals surface area contributed by atoms with E-state index in [2.05, 4.69) is 10.6 Å². The van der Waals surface area contributed by atoms with E-state index in [1.165, 1.54) is 30.8 Å². The van der Waals surface area contributed by atoms with Crippen molar-refractivity contribution in [2.24, 2.45) is 0 Å². The first-order chi connectivity index (χ1) is 13.2. The van der Waals surface area contributed by atoms with Gasteiger partial charge in [-0.25, -0.2) is 8.42 Å². The van der Waals surface area contributed by atoms with Crippen LogP contribution in [0, 0.1) is 0 Å². The predicted molar refractivity (Wildman–Crippen MR) is 112 cm³/mol. The van der Waals surface area contributed by atoms with Crippen LogP contribution in [0.15, 0.2) is 52.3 Å². The Kier molecular flexibility index (Phi) is 6.02. The standard InChI is InChI=1S/C19H19ClN2O4S2/c1-11(8-18(23)21-14-5-3-4-13(20)9-14)28(25,26)15-6-7-17-16(10-15)22-19(24)12(2)27-17/h3-7,9-12H,8H2,1-2H3,(H,21,23)(H,22,24)/t11-,12-/m1/s1. The number of sulfone groups is 1. The maximum Gasteiger partial charge on any atom is 0.237 e. The molecule has 0 unspecified atom stereocenters. The Morgan fingerprint density at radius 2 is 2.04 bits per heavy atom. The Morgan fingerprint density at radius 1 is 1.29 bits per heavy atom. The van der Waals surface area contributed by atoms with Crippen molar-refractivity contribution in [3.63, 3.8) is 0 Å². The van der Waals surface area contributed by atoms with Crippen LogP contribution in [0.3, 0.4) is 0 Å². The van der Waals surface area contributed by atoms with Crippen molar-refractivity contribution in [3.05, 3.63) is 47.5 Å². The SMILES string of the molecule is C[C@H](CC(=O)Nc1cccc(Cl)c1)S(=O)(=O)c1ccc2c(c1)NC(=O)[C@@H](C)S2. The maximum atomic E-state index is 12.9. The van der Waals surface area contributed by atoms with Crippen LogP contribution in [0.1, 0.15) is 20.3 Å². The maximum absolute atomic E-state index is 12.9. The summed E-state index contributed by atoms with van der Waals surface area (Å²) in [5.41, 5.74) is 0.981. The average molecular weight is 439 g/mol. The van der Waals surface area contributed by atoms with Gasteiger partial charge in [0.25, 0.3) is 0 Å². The van der Waals surface area contributed by atoms with E-state index in [0.29, 0.717) is 16.4 Å². The van der Waals surface area contributed by atoms with E-state index in [-0.39, 0.29) is 22.5 Å². The molecule has 6 nitrogen and oxygen atoms in total. The van der Waals surface area contributed by atoms with E-state index in [9.17, 15) is 18.0 Å². The number of amides is 2. The lowest BCUT2D eigenvalue weighted by molar-refractivity contribution is -0.116. The number of anilines is 2. The van der Waals surface area contributed by atoms with Crippen molar-refractivity contribution < 1.29 is 18.0 Å². The van der Waals surface area contributed by atoms with Crippen LogP contribution < -0.4 is 10.6 Å². The largest absolute Gasteiger partial charge is 0.326 e. The van der Waals surface area contributed by atoms with Crippen LogP contribution in [0.5, 0.6) is 0 Å². The molecular weight excluding hydrogens is 420 g/mol. The average Bonchev–Trinajstić information content (AvgIpc) is 2.62. The summed E-state index contributed by atoms with van der Waals surface area (Å²) >= 11 is 7.26. The molecule has 2 atom stereocenters.